The molecule has 0 fully saturated rings. The molecule has 0 bridgehead atoms. The number of anilines is 1. The van der Waals surface area contributed by atoms with E-state index in [-0.39, 0.29) is 5.75 Å². The van der Waals surface area contributed by atoms with Gasteiger partial charge in [0.25, 0.3) is 5.91 Å². The second-order valence-corrected chi connectivity index (χ2v) is 8.40. The summed E-state index contributed by atoms with van der Waals surface area (Å²) >= 11 is 1.17. The first kappa shape index (κ1) is 23.2. The van der Waals surface area contributed by atoms with Gasteiger partial charge in [-0.15, -0.1) is 0 Å². The van der Waals surface area contributed by atoms with Gasteiger partial charge in [-0.2, -0.15) is 5.10 Å². The first-order valence-electron chi connectivity index (χ1n) is 10.6. The third-order valence-electron chi connectivity index (χ3n) is 4.69. The number of amides is 1. The lowest BCUT2D eigenvalue weighted by atomic mass is 10.2. The minimum Gasteiger partial charge on any atom is -0.455 e. The summed E-state index contributed by atoms with van der Waals surface area (Å²) in [6, 6.07) is 22.8. The van der Waals surface area contributed by atoms with E-state index in [2.05, 4.69) is 20.4 Å². The Kier molecular flexibility index (Phi) is 7.34. The fraction of sp³-hybridized carbons (Fsp3) is 0.160. The Morgan fingerprint density at radius 1 is 0.941 bits per heavy atom. The molecular formula is C25H23N5O3S. The minimum absolute atomic E-state index is 0.0102. The quantitative estimate of drug-likeness (QED) is 0.232. The standard InChI is InChI=1S/C25H23N5O3S/c1-17-13-18(2)27-25(26-17)34-16-24(32)33-15-23(31)28-22-14-21(19-9-5-3-6-10-19)29-30(22)20-11-7-4-8-12-20/h3-14H,15-16H2,1-2H3,(H,28,31). The number of aromatic nitrogens is 4. The van der Waals surface area contributed by atoms with Crippen molar-refractivity contribution in [1.82, 2.24) is 19.7 Å². The zero-order chi connectivity index (χ0) is 23.9. The molecule has 0 aliphatic heterocycles. The van der Waals surface area contributed by atoms with Crippen LogP contribution in [-0.4, -0.2) is 44.0 Å². The molecule has 0 aliphatic rings. The lowest BCUT2D eigenvalue weighted by molar-refractivity contribution is -0.144. The van der Waals surface area contributed by atoms with Gasteiger partial charge in [-0.05, 0) is 32.0 Å². The molecule has 1 N–H and O–H groups in total. The van der Waals surface area contributed by atoms with Crippen LogP contribution in [0.2, 0.25) is 0 Å². The van der Waals surface area contributed by atoms with Crippen LogP contribution in [0.1, 0.15) is 11.4 Å². The highest BCUT2D eigenvalue weighted by Crippen LogP contribution is 2.24. The number of ether oxygens (including phenoxy) is 1. The van der Waals surface area contributed by atoms with Crippen molar-refractivity contribution in [3.8, 4) is 16.9 Å². The third kappa shape index (κ3) is 6.08. The SMILES string of the molecule is Cc1cc(C)nc(SCC(=O)OCC(=O)Nc2cc(-c3ccccc3)nn2-c2ccccc2)n1. The molecule has 2 heterocycles. The second kappa shape index (κ2) is 10.8. The van der Waals surface area contributed by atoms with E-state index in [1.807, 2.05) is 80.6 Å². The van der Waals surface area contributed by atoms with Crippen molar-refractivity contribution in [2.75, 3.05) is 17.7 Å². The van der Waals surface area contributed by atoms with Gasteiger partial charge in [0.1, 0.15) is 5.82 Å². The molecule has 2 aromatic carbocycles. The average molecular weight is 474 g/mol. The molecule has 2 aromatic heterocycles. The number of nitrogens with zero attached hydrogens (tertiary/aromatic N) is 4. The number of esters is 1. The summed E-state index contributed by atoms with van der Waals surface area (Å²) in [5, 5.41) is 7.95. The highest BCUT2D eigenvalue weighted by atomic mass is 32.2. The molecule has 0 saturated carbocycles. The van der Waals surface area contributed by atoms with Crippen LogP contribution in [0.3, 0.4) is 0 Å². The van der Waals surface area contributed by atoms with Gasteiger partial charge >= 0.3 is 5.97 Å². The number of nitrogens with one attached hydrogen (secondary N) is 1. The van der Waals surface area contributed by atoms with E-state index in [9.17, 15) is 9.59 Å². The topological polar surface area (TPSA) is 99.0 Å². The van der Waals surface area contributed by atoms with Crippen LogP contribution in [0.25, 0.3) is 16.9 Å². The zero-order valence-electron chi connectivity index (χ0n) is 18.8. The molecule has 0 radical (unpaired) electrons. The summed E-state index contributed by atoms with van der Waals surface area (Å²) in [6.07, 6.45) is 0. The Morgan fingerprint density at radius 3 is 2.26 bits per heavy atom. The van der Waals surface area contributed by atoms with E-state index < -0.39 is 18.5 Å². The van der Waals surface area contributed by atoms with Gasteiger partial charge in [0.05, 0.1) is 17.1 Å². The molecule has 9 heteroatoms. The molecular weight excluding hydrogens is 450 g/mol. The number of carbonyl (C=O) groups excluding carboxylic acids is 2. The van der Waals surface area contributed by atoms with E-state index in [4.69, 9.17) is 4.74 Å². The fourth-order valence-electron chi connectivity index (χ4n) is 3.23. The largest absolute Gasteiger partial charge is 0.455 e. The van der Waals surface area contributed by atoms with Crippen LogP contribution in [-0.2, 0) is 14.3 Å². The lowest BCUT2D eigenvalue weighted by Crippen LogP contribution is -2.23. The van der Waals surface area contributed by atoms with E-state index in [0.717, 1.165) is 22.6 Å². The Hall–Kier alpha value is -3.98. The van der Waals surface area contributed by atoms with Crippen molar-refractivity contribution < 1.29 is 14.3 Å². The monoisotopic (exact) mass is 473 g/mol. The van der Waals surface area contributed by atoms with E-state index in [1.54, 1.807) is 10.7 Å². The van der Waals surface area contributed by atoms with Gasteiger partial charge in [0.2, 0.25) is 0 Å². The number of hydrogen-bond acceptors (Lipinski definition) is 7. The molecule has 34 heavy (non-hydrogen) atoms. The van der Waals surface area contributed by atoms with Crippen LogP contribution in [0, 0.1) is 13.8 Å². The minimum atomic E-state index is -0.524. The molecule has 1 amide bonds. The molecule has 8 nitrogen and oxygen atoms in total. The van der Waals surface area contributed by atoms with Gasteiger partial charge in [-0.25, -0.2) is 14.6 Å². The van der Waals surface area contributed by atoms with E-state index in [1.165, 1.54) is 11.8 Å². The molecule has 172 valence electrons. The molecule has 4 aromatic rings. The van der Waals surface area contributed by atoms with Gasteiger partial charge < -0.3 is 10.1 Å². The van der Waals surface area contributed by atoms with Gasteiger partial charge in [0.15, 0.2) is 11.8 Å². The molecule has 0 unspecified atom stereocenters. The number of para-hydroxylation sites is 1. The molecule has 4 rings (SSSR count). The average Bonchev–Trinajstić information content (AvgIpc) is 3.25. The van der Waals surface area contributed by atoms with Crippen molar-refractivity contribution in [2.24, 2.45) is 0 Å². The first-order chi connectivity index (χ1) is 16.5. The zero-order valence-corrected chi connectivity index (χ0v) is 19.6. The maximum atomic E-state index is 12.5. The highest BCUT2D eigenvalue weighted by Gasteiger charge is 2.15. The summed E-state index contributed by atoms with van der Waals surface area (Å²) in [6.45, 7) is 3.32. The van der Waals surface area contributed by atoms with Crippen molar-refractivity contribution >= 4 is 29.5 Å². The second-order valence-electron chi connectivity index (χ2n) is 7.46. The van der Waals surface area contributed by atoms with Crippen LogP contribution in [0.15, 0.2) is 78.0 Å². The molecule has 0 aliphatic carbocycles. The van der Waals surface area contributed by atoms with E-state index >= 15 is 0 Å². The lowest BCUT2D eigenvalue weighted by Gasteiger charge is -2.09. The van der Waals surface area contributed by atoms with Crippen molar-refractivity contribution in [3.63, 3.8) is 0 Å². The number of carbonyl (C=O) groups is 2. The van der Waals surface area contributed by atoms with Crippen LogP contribution in [0.5, 0.6) is 0 Å². The smallest absolute Gasteiger partial charge is 0.316 e. The number of rotatable bonds is 8. The Balaban J connectivity index is 1.40. The predicted molar refractivity (Wildman–Crippen MR) is 131 cm³/mol. The molecule has 0 saturated heterocycles. The maximum Gasteiger partial charge on any atom is 0.316 e. The number of benzene rings is 2. The Bertz CT molecular complexity index is 1270. The third-order valence-corrected chi connectivity index (χ3v) is 5.51. The number of hydrogen-bond donors (Lipinski definition) is 1. The van der Waals surface area contributed by atoms with Gasteiger partial charge in [-0.3, -0.25) is 9.59 Å². The fourth-order valence-corrected chi connectivity index (χ4v) is 3.98. The Morgan fingerprint density at radius 2 is 1.59 bits per heavy atom. The maximum absolute atomic E-state index is 12.5. The van der Waals surface area contributed by atoms with E-state index in [0.29, 0.717) is 16.7 Å². The molecule has 0 atom stereocenters. The summed E-state index contributed by atoms with van der Waals surface area (Å²) in [4.78, 5) is 33.2. The predicted octanol–water partition coefficient (Wildman–Crippen LogP) is 4.22. The van der Waals surface area contributed by atoms with Crippen LogP contribution in [0.4, 0.5) is 5.82 Å². The van der Waals surface area contributed by atoms with Crippen LogP contribution < -0.4 is 5.32 Å². The Labute approximate surface area is 201 Å². The molecule has 0 spiro atoms. The van der Waals surface area contributed by atoms with Crippen LogP contribution >= 0.6 is 11.8 Å². The summed E-state index contributed by atoms with van der Waals surface area (Å²) in [5.74, 6) is -0.498. The van der Waals surface area contributed by atoms with Crippen molar-refractivity contribution in [1.29, 1.82) is 0 Å². The van der Waals surface area contributed by atoms with Gasteiger partial charge in [-0.1, -0.05) is 60.3 Å². The summed E-state index contributed by atoms with van der Waals surface area (Å²) in [5.41, 5.74) is 4.08. The van der Waals surface area contributed by atoms with Crippen molar-refractivity contribution in [3.05, 3.63) is 84.2 Å². The summed E-state index contributed by atoms with van der Waals surface area (Å²) in [7, 11) is 0. The number of aryl methyl sites for hydroxylation is 2. The first-order valence-corrected chi connectivity index (χ1v) is 11.6. The number of thioether (sulfide) groups is 1. The highest BCUT2D eigenvalue weighted by molar-refractivity contribution is 7.99. The van der Waals surface area contributed by atoms with Gasteiger partial charge in [0, 0.05) is 23.0 Å². The van der Waals surface area contributed by atoms with Crippen molar-refractivity contribution in [2.45, 2.75) is 19.0 Å². The normalized spacial score (nSPS) is 10.6. The summed E-state index contributed by atoms with van der Waals surface area (Å²) < 4.78 is 6.79.